The highest BCUT2D eigenvalue weighted by Crippen LogP contribution is 2.29. The molecule has 0 N–H and O–H groups in total. The molecule has 1 aromatic rings. The highest BCUT2D eigenvalue weighted by Gasteiger charge is 2.21. The number of esters is 1. The average Bonchev–Trinajstić information content (AvgIpc) is 2.39. The van der Waals surface area contributed by atoms with Gasteiger partial charge in [0.15, 0.2) is 0 Å². The summed E-state index contributed by atoms with van der Waals surface area (Å²) in [5.41, 5.74) is 3.13. The highest BCUT2D eigenvalue weighted by molar-refractivity contribution is 5.91. The fraction of sp³-hybridized carbons (Fsp3) is 0.400. The zero-order valence-electron chi connectivity index (χ0n) is 11.0. The van der Waals surface area contributed by atoms with Crippen LogP contribution in [0.1, 0.15) is 25.8 Å². The molecule has 1 heterocycles. The van der Waals surface area contributed by atoms with E-state index in [-0.39, 0.29) is 5.97 Å². The average molecular weight is 245 g/mol. The number of nitrogens with zero attached hydrogens (tertiary/aromatic N) is 1. The molecule has 0 radical (unpaired) electrons. The minimum atomic E-state index is -0.201. The van der Waals surface area contributed by atoms with Gasteiger partial charge in [-0.1, -0.05) is 25.1 Å². The van der Waals surface area contributed by atoms with Crippen LogP contribution in [-0.4, -0.2) is 19.1 Å². The van der Waals surface area contributed by atoms with E-state index in [4.69, 9.17) is 4.74 Å². The molecule has 0 unspecified atom stereocenters. The predicted octanol–water partition coefficient (Wildman–Crippen LogP) is 2.91. The van der Waals surface area contributed by atoms with Crippen LogP contribution in [0.15, 0.2) is 36.0 Å². The molecule has 0 spiro atoms. The molecule has 1 aliphatic rings. The van der Waals surface area contributed by atoms with Crippen molar-refractivity contribution in [2.75, 3.05) is 18.1 Å². The Labute approximate surface area is 108 Å². The topological polar surface area (TPSA) is 29.5 Å². The van der Waals surface area contributed by atoms with Gasteiger partial charge in [-0.15, -0.1) is 0 Å². The fourth-order valence-electron chi connectivity index (χ4n) is 2.22. The minimum Gasteiger partial charge on any atom is -0.463 e. The molecule has 0 bridgehead atoms. The fourth-order valence-corrected chi connectivity index (χ4v) is 2.22. The first kappa shape index (κ1) is 12.7. The van der Waals surface area contributed by atoms with Gasteiger partial charge in [0.2, 0.25) is 0 Å². The molecule has 2 rings (SSSR count). The molecule has 0 atom stereocenters. The molecule has 3 nitrogen and oxygen atoms in total. The summed E-state index contributed by atoms with van der Waals surface area (Å²) in [6.45, 7) is 5.31. The summed E-state index contributed by atoms with van der Waals surface area (Å²) in [6.07, 6.45) is 3.64. The van der Waals surface area contributed by atoms with E-state index in [1.807, 2.05) is 25.3 Å². The van der Waals surface area contributed by atoms with Gasteiger partial charge in [-0.05, 0) is 25.0 Å². The Hall–Kier alpha value is -1.77. The Morgan fingerprint density at radius 2 is 2.11 bits per heavy atom. The van der Waals surface area contributed by atoms with Crippen molar-refractivity contribution in [3.05, 3.63) is 41.6 Å². The molecule has 96 valence electrons. The molecule has 0 saturated heterocycles. The SMILES string of the molecule is CCCN1C=C(C(=O)OCC)Cc2ccccc21. The van der Waals surface area contributed by atoms with E-state index in [2.05, 4.69) is 24.0 Å². The third-order valence-electron chi connectivity index (χ3n) is 3.00. The van der Waals surface area contributed by atoms with Crippen LogP contribution in [0.25, 0.3) is 0 Å². The molecule has 1 aromatic carbocycles. The summed E-state index contributed by atoms with van der Waals surface area (Å²) in [7, 11) is 0. The van der Waals surface area contributed by atoms with E-state index >= 15 is 0 Å². The van der Waals surface area contributed by atoms with Crippen LogP contribution in [0, 0.1) is 0 Å². The molecular formula is C15H19NO2. The Bertz CT molecular complexity index is 465. The normalized spacial score (nSPS) is 13.9. The Kier molecular flexibility index (Phi) is 4.03. The second-order valence-electron chi connectivity index (χ2n) is 4.37. The first-order valence-corrected chi connectivity index (χ1v) is 6.48. The smallest absolute Gasteiger partial charge is 0.335 e. The number of hydrogen-bond donors (Lipinski definition) is 0. The van der Waals surface area contributed by atoms with Crippen molar-refractivity contribution in [3.8, 4) is 0 Å². The number of fused-ring (bicyclic) bond motifs is 1. The summed E-state index contributed by atoms with van der Waals surface area (Å²) >= 11 is 0. The number of anilines is 1. The van der Waals surface area contributed by atoms with Gasteiger partial charge >= 0.3 is 5.97 Å². The van der Waals surface area contributed by atoms with Crippen molar-refractivity contribution in [3.63, 3.8) is 0 Å². The Balaban J connectivity index is 2.29. The van der Waals surface area contributed by atoms with Crippen LogP contribution >= 0.6 is 0 Å². The monoisotopic (exact) mass is 245 g/mol. The van der Waals surface area contributed by atoms with Crippen LogP contribution in [0.2, 0.25) is 0 Å². The molecule has 0 aromatic heterocycles. The summed E-state index contributed by atoms with van der Waals surface area (Å²) in [4.78, 5) is 14.0. The summed E-state index contributed by atoms with van der Waals surface area (Å²) < 4.78 is 5.09. The lowest BCUT2D eigenvalue weighted by atomic mass is 9.99. The van der Waals surface area contributed by atoms with E-state index in [0.29, 0.717) is 13.0 Å². The van der Waals surface area contributed by atoms with Crippen molar-refractivity contribution in [2.45, 2.75) is 26.7 Å². The lowest BCUT2D eigenvalue weighted by molar-refractivity contribution is -0.138. The summed E-state index contributed by atoms with van der Waals surface area (Å²) in [5, 5.41) is 0. The molecule has 0 aliphatic carbocycles. The van der Waals surface area contributed by atoms with E-state index in [1.165, 1.54) is 11.3 Å². The molecule has 18 heavy (non-hydrogen) atoms. The third-order valence-corrected chi connectivity index (χ3v) is 3.00. The quantitative estimate of drug-likeness (QED) is 0.764. The minimum absolute atomic E-state index is 0.201. The van der Waals surface area contributed by atoms with Gasteiger partial charge in [-0.2, -0.15) is 0 Å². The second-order valence-corrected chi connectivity index (χ2v) is 4.37. The lowest BCUT2D eigenvalue weighted by Gasteiger charge is -2.28. The number of carbonyl (C=O) groups is 1. The number of rotatable bonds is 4. The number of ether oxygens (including phenoxy) is 1. The third kappa shape index (κ3) is 2.55. The maximum Gasteiger partial charge on any atom is 0.335 e. The summed E-state index contributed by atoms with van der Waals surface area (Å²) in [6, 6.07) is 8.22. The zero-order chi connectivity index (χ0) is 13.0. The maximum atomic E-state index is 11.8. The van der Waals surface area contributed by atoms with Crippen molar-refractivity contribution in [1.29, 1.82) is 0 Å². The van der Waals surface area contributed by atoms with E-state index in [0.717, 1.165) is 18.5 Å². The molecule has 0 fully saturated rings. The van der Waals surface area contributed by atoms with Crippen LogP contribution in [0.3, 0.4) is 0 Å². The standard InChI is InChI=1S/C15H19NO2/c1-3-9-16-11-13(15(17)18-4-2)10-12-7-5-6-8-14(12)16/h5-8,11H,3-4,9-10H2,1-2H3. The second kappa shape index (κ2) is 5.71. The van der Waals surface area contributed by atoms with Crippen molar-refractivity contribution in [1.82, 2.24) is 0 Å². The molecule has 0 amide bonds. The van der Waals surface area contributed by atoms with Crippen molar-refractivity contribution in [2.24, 2.45) is 0 Å². The van der Waals surface area contributed by atoms with E-state index in [9.17, 15) is 4.79 Å². The van der Waals surface area contributed by atoms with Gasteiger partial charge in [-0.25, -0.2) is 4.79 Å². The van der Waals surface area contributed by atoms with Gasteiger partial charge in [0.25, 0.3) is 0 Å². The van der Waals surface area contributed by atoms with Gasteiger partial charge in [0.1, 0.15) is 0 Å². The molecule has 3 heteroatoms. The Morgan fingerprint density at radius 3 is 2.83 bits per heavy atom. The highest BCUT2D eigenvalue weighted by atomic mass is 16.5. The summed E-state index contributed by atoms with van der Waals surface area (Å²) in [5.74, 6) is -0.201. The van der Waals surface area contributed by atoms with Gasteiger partial charge < -0.3 is 9.64 Å². The van der Waals surface area contributed by atoms with Crippen LogP contribution in [-0.2, 0) is 16.0 Å². The zero-order valence-corrected chi connectivity index (χ0v) is 11.0. The number of para-hydroxylation sites is 1. The van der Waals surface area contributed by atoms with Gasteiger partial charge in [-0.3, -0.25) is 0 Å². The van der Waals surface area contributed by atoms with Crippen LogP contribution in [0.5, 0.6) is 0 Å². The van der Waals surface area contributed by atoms with Crippen LogP contribution < -0.4 is 4.90 Å². The lowest BCUT2D eigenvalue weighted by Crippen LogP contribution is -2.26. The number of carbonyl (C=O) groups excluding carboxylic acids is 1. The molecule has 1 aliphatic heterocycles. The molecular weight excluding hydrogens is 226 g/mol. The van der Waals surface area contributed by atoms with Gasteiger partial charge in [0, 0.05) is 24.9 Å². The Morgan fingerprint density at radius 1 is 1.33 bits per heavy atom. The maximum absolute atomic E-state index is 11.8. The van der Waals surface area contributed by atoms with Crippen LogP contribution in [0.4, 0.5) is 5.69 Å². The molecule has 0 saturated carbocycles. The first-order valence-electron chi connectivity index (χ1n) is 6.48. The largest absolute Gasteiger partial charge is 0.463 e. The van der Waals surface area contributed by atoms with E-state index in [1.54, 1.807) is 0 Å². The van der Waals surface area contributed by atoms with E-state index < -0.39 is 0 Å². The van der Waals surface area contributed by atoms with Crippen molar-refractivity contribution < 1.29 is 9.53 Å². The first-order chi connectivity index (χ1) is 8.76. The number of benzene rings is 1. The van der Waals surface area contributed by atoms with Gasteiger partial charge in [0.05, 0.1) is 12.2 Å². The predicted molar refractivity (Wildman–Crippen MR) is 72.5 cm³/mol. The van der Waals surface area contributed by atoms with Crippen molar-refractivity contribution >= 4 is 11.7 Å². The number of hydrogen-bond acceptors (Lipinski definition) is 3.